The fourth-order valence-electron chi connectivity index (χ4n) is 1.11. The molecule has 0 aliphatic rings. The number of ether oxygens (including phenoxy) is 1. The van der Waals surface area contributed by atoms with E-state index < -0.39 is 12.3 Å². The SMILES string of the molecule is Cc1cc(OC(C)C(F)(F)F)ccc1C#N. The molecule has 2 nitrogen and oxygen atoms in total. The number of nitrogens with zero attached hydrogens (tertiary/aromatic N) is 1. The van der Waals surface area contributed by atoms with Gasteiger partial charge in [0.15, 0.2) is 6.10 Å². The van der Waals surface area contributed by atoms with Crippen LogP contribution in [0.1, 0.15) is 18.1 Å². The Morgan fingerprint density at radius 2 is 2.00 bits per heavy atom. The van der Waals surface area contributed by atoms with Gasteiger partial charge in [0.1, 0.15) is 5.75 Å². The molecular formula is C11H10F3NO. The average molecular weight is 229 g/mol. The van der Waals surface area contributed by atoms with Gasteiger partial charge in [-0.15, -0.1) is 0 Å². The standard InChI is InChI=1S/C11H10F3NO/c1-7-5-10(4-3-9(7)6-15)16-8(2)11(12,13)14/h3-5,8H,1-2H3. The van der Waals surface area contributed by atoms with Gasteiger partial charge in [-0.1, -0.05) is 0 Å². The highest BCUT2D eigenvalue weighted by molar-refractivity contribution is 5.41. The van der Waals surface area contributed by atoms with Crippen molar-refractivity contribution in [3.63, 3.8) is 0 Å². The van der Waals surface area contributed by atoms with Crippen molar-refractivity contribution >= 4 is 0 Å². The molecule has 0 aliphatic carbocycles. The first-order valence-corrected chi connectivity index (χ1v) is 4.58. The van der Waals surface area contributed by atoms with E-state index in [4.69, 9.17) is 10.00 Å². The van der Waals surface area contributed by atoms with E-state index >= 15 is 0 Å². The smallest absolute Gasteiger partial charge is 0.425 e. The molecule has 0 aromatic heterocycles. The van der Waals surface area contributed by atoms with Crippen LogP contribution >= 0.6 is 0 Å². The van der Waals surface area contributed by atoms with Gasteiger partial charge in [0, 0.05) is 0 Å². The van der Waals surface area contributed by atoms with Gasteiger partial charge >= 0.3 is 6.18 Å². The molecule has 16 heavy (non-hydrogen) atoms. The van der Waals surface area contributed by atoms with Crippen LogP contribution in [0, 0.1) is 18.3 Å². The number of alkyl halides is 3. The summed E-state index contributed by atoms with van der Waals surface area (Å²) in [6.07, 6.45) is -6.25. The predicted molar refractivity (Wildman–Crippen MR) is 52.0 cm³/mol. The Morgan fingerprint density at radius 3 is 2.44 bits per heavy atom. The van der Waals surface area contributed by atoms with E-state index in [-0.39, 0.29) is 5.75 Å². The molecule has 0 saturated carbocycles. The first kappa shape index (κ1) is 12.4. The topological polar surface area (TPSA) is 33.0 Å². The quantitative estimate of drug-likeness (QED) is 0.780. The van der Waals surface area contributed by atoms with E-state index in [2.05, 4.69) is 0 Å². The summed E-state index contributed by atoms with van der Waals surface area (Å²) in [6, 6.07) is 6.14. The van der Waals surface area contributed by atoms with Gasteiger partial charge in [0.05, 0.1) is 11.6 Å². The van der Waals surface area contributed by atoms with Gasteiger partial charge in [-0.05, 0) is 37.6 Å². The van der Waals surface area contributed by atoms with Crippen molar-refractivity contribution in [1.82, 2.24) is 0 Å². The zero-order valence-electron chi connectivity index (χ0n) is 8.80. The van der Waals surface area contributed by atoms with Crippen LogP contribution in [-0.4, -0.2) is 12.3 Å². The highest BCUT2D eigenvalue weighted by Crippen LogP contribution is 2.25. The lowest BCUT2D eigenvalue weighted by Gasteiger charge is -2.17. The highest BCUT2D eigenvalue weighted by Gasteiger charge is 2.38. The first-order valence-electron chi connectivity index (χ1n) is 4.58. The van der Waals surface area contributed by atoms with Gasteiger partial charge in [-0.2, -0.15) is 18.4 Å². The van der Waals surface area contributed by atoms with Crippen LogP contribution in [-0.2, 0) is 0 Å². The molecule has 1 aromatic rings. The van der Waals surface area contributed by atoms with Crippen molar-refractivity contribution in [1.29, 1.82) is 5.26 Å². The summed E-state index contributed by atoms with van der Waals surface area (Å²) in [7, 11) is 0. The zero-order valence-corrected chi connectivity index (χ0v) is 8.80. The lowest BCUT2D eigenvalue weighted by atomic mass is 10.1. The normalized spacial score (nSPS) is 13.0. The molecule has 1 atom stereocenters. The van der Waals surface area contributed by atoms with Crippen molar-refractivity contribution in [3.8, 4) is 11.8 Å². The lowest BCUT2D eigenvalue weighted by Crippen LogP contribution is -2.31. The van der Waals surface area contributed by atoms with E-state index in [0.717, 1.165) is 6.92 Å². The van der Waals surface area contributed by atoms with Crippen LogP contribution in [0.4, 0.5) is 13.2 Å². The minimum atomic E-state index is -4.39. The van der Waals surface area contributed by atoms with Crippen LogP contribution in [0.5, 0.6) is 5.75 Å². The number of hydrogen-bond acceptors (Lipinski definition) is 2. The number of nitriles is 1. The van der Waals surface area contributed by atoms with Gasteiger partial charge in [0.25, 0.3) is 0 Å². The fourth-order valence-corrected chi connectivity index (χ4v) is 1.11. The number of aryl methyl sites for hydroxylation is 1. The van der Waals surface area contributed by atoms with Crippen LogP contribution < -0.4 is 4.74 Å². The highest BCUT2D eigenvalue weighted by atomic mass is 19.4. The maximum atomic E-state index is 12.2. The van der Waals surface area contributed by atoms with Crippen LogP contribution in [0.3, 0.4) is 0 Å². The Morgan fingerprint density at radius 1 is 1.38 bits per heavy atom. The van der Waals surface area contributed by atoms with E-state index in [0.29, 0.717) is 11.1 Å². The maximum Gasteiger partial charge on any atom is 0.425 e. The first-order chi connectivity index (χ1) is 7.34. The fraction of sp³-hybridized carbons (Fsp3) is 0.364. The van der Waals surface area contributed by atoms with Gasteiger partial charge in [-0.3, -0.25) is 0 Å². The van der Waals surface area contributed by atoms with E-state index in [1.165, 1.54) is 18.2 Å². The number of hydrogen-bond donors (Lipinski definition) is 0. The van der Waals surface area contributed by atoms with E-state index in [1.807, 2.05) is 6.07 Å². The van der Waals surface area contributed by atoms with E-state index in [9.17, 15) is 13.2 Å². The maximum absolute atomic E-state index is 12.2. The van der Waals surface area contributed by atoms with Gasteiger partial charge < -0.3 is 4.74 Å². The summed E-state index contributed by atoms with van der Waals surface area (Å²) >= 11 is 0. The molecular weight excluding hydrogens is 219 g/mol. The third-order valence-electron chi connectivity index (χ3n) is 2.09. The molecule has 1 aromatic carbocycles. The van der Waals surface area contributed by atoms with Gasteiger partial charge in [-0.25, -0.2) is 0 Å². The van der Waals surface area contributed by atoms with E-state index in [1.54, 1.807) is 6.92 Å². The second kappa shape index (κ2) is 4.44. The third kappa shape index (κ3) is 2.89. The summed E-state index contributed by atoms with van der Waals surface area (Å²) in [6.45, 7) is 2.58. The molecule has 5 heteroatoms. The monoisotopic (exact) mass is 229 g/mol. The summed E-state index contributed by atoms with van der Waals surface area (Å²) in [5, 5.41) is 8.65. The Bertz CT molecular complexity index is 420. The molecule has 0 spiro atoms. The molecule has 0 saturated heterocycles. The zero-order chi connectivity index (χ0) is 12.3. The molecule has 86 valence electrons. The molecule has 0 heterocycles. The Kier molecular flexibility index (Phi) is 3.43. The third-order valence-corrected chi connectivity index (χ3v) is 2.09. The van der Waals surface area contributed by atoms with Crippen molar-refractivity contribution in [3.05, 3.63) is 29.3 Å². The minimum absolute atomic E-state index is 0.112. The van der Waals surface area contributed by atoms with Crippen molar-refractivity contribution in [2.75, 3.05) is 0 Å². The Labute approximate surface area is 91.3 Å². The molecule has 1 unspecified atom stereocenters. The second-order valence-corrected chi connectivity index (χ2v) is 3.39. The Hall–Kier alpha value is -1.70. The number of halogens is 3. The predicted octanol–water partition coefficient (Wildman–Crippen LogP) is 3.20. The second-order valence-electron chi connectivity index (χ2n) is 3.39. The van der Waals surface area contributed by atoms with Crippen molar-refractivity contribution < 1.29 is 17.9 Å². The largest absolute Gasteiger partial charge is 0.481 e. The minimum Gasteiger partial charge on any atom is -0.481 e. The van der Waals surface area contributed by atoms with Crippen molar-refractivity contribution in [2.24, 2.45) is 0 Å². The summed E-state index contributed by atoms with van der Waals surface area (Å²) in [5.41, 5.74) is 1.02. The molecule has 0 bridgehead atoms. The van der Waals surface area contributed by atoms with Crippen LogP contribution in [0.15, 0.2) is 18.2 Å². The molecule has 0 aliphatic heterocycles. The summed E-state index contributed by atoms with van der Waals surface area (Å²) in [4.78, 5) is 0. The average Bonchev–Trinajstić information content (AvgIpc) is 2.16. The molecule has 0 N–H and O–H groups in total. The number of rotatable bonds is 2. The molecule has 0 radical (unpaired) electrons. The summed E-state index contributed by atoms with van der Waals surface area (Å²) < 4.78 is 41.3. The lowest BCUT2D eigenvalue weighted by molar-refractivity contribution is -0.189. The van der Waals surface area contributed by atoms with Crippen molar-refractivity contribution in [2.45, 2.75) is 26.1 Å². The molecule has 1 rings (SSSR count). The Balaban J connectivity index is 2.85. The van der Waals surface area contributed by atoms with Crippen LogP contribution in [0.25, 0.3) is 0 Å². The van der Waals surface area contributed by atoms with Crippen LogP contribution in [0.2, 0.25) is 0 Å². The number of benzene rings is 1. The molecule has 0 amide bonds. The molecule has 0 fully saturated rings. The van der Waals surface area contributed by atoms with Gasteiger partial charge in [0.2, 0.25) is 0 Å². The summed E-state index contributed by atoms with van der Waals surface area (Å²) in [5.74, 6) is 0.112.